The highest BCUT2D eigenvalue weighted by Crippen LogP contribution is 2.30. The SMILES string of the molecule is COC(=O)c1c(N)c(C#N)cn1-c1ccc(OCCN2CCCCC2)c(Cl)c1. The van der Waals surface area contributed by atoms with Crippen LogP contribution in [0.5, 0.6) is 5.75 Å². The number of halogens is 1. The van der Waals surface area contributed by atoms with E-state index in [0.717, 1.165) is 19.6 Å². The largest absolute Gasteiger partial charge is 0.491 e. The van der Waals surface area contributed by atoms with Crippen LogP contribution in [0.1, 0.15) is 35.3 Å². The molecule has 0 bridgehead atoms. The molecule has 2 N–H and O–H groups in total. The number of nitriles is 1. The molecule has 28 heavy (non-hydrogen) atoms. The number of nitrogen functional groups attached to an aromatic ring is 1. The number of hydrogen-bond donors (Lipinski definition) is 1. The molecule has 1 aromatic carbocycles. The van der Waals surface area contributed by atoms with E-state index in [0.29, 0.717) is 23.1 Å². The van der Waals surface area contributed by atoms with E-state index in [4.69, 9.17) is 26.8 Å². The second-order valence-corrected chi connectivity index (χ2v) is 7.05. The zero-order valence-electron chi connectivity index (χ0n) is 15.8. The molecular weight excluding hydrogens is 380 g/mol. The maximum Gasteiger partial charge on any atom is 0.357 e. The molecule has 0 aliphatic carbocycles. The van der Waals surface area contributed by atoms with Crippen LogP contribution in [0.15, 0.2) is 24.4 Å². The Kier molecular flexibility index (Phi) is 6.45. The summed E-state index contributed by atoms with van der Waals surface area (Å²) in [5, 5.41) is 9.63. The maximum absolute atomic E-state index is 12.1. The van der Waals surface area contributed by atoms with Crippen molar-refractivity contribution in [2.24, 2.45) is 0 Å². The summed E-state index contributed by atoms with van der Waals surface area (Å²) < 4.78 is 12.1. The van der Waals surface area contributed by atoms with Gasteiger partial charge in [-0.1, -0.05) is 18.0 Å². The van der Waals surface area contributed by atoms with Crippen LogP contribution in [0, 0.1) is 11.3 Å². The van der Waals surface area contributed by atoms with Gasteiger partial charge in [-0.25, -0.2) is 4.79 Å². The summed E-state index contributed by atoms with van der Waals surface area (Å²) in [5.41, 5.74) is 6.87. The molecule has 2 heterocycles. The fourth-order valence-corrected chi connectivity index (χ4v) is 3.57. The first-order valence-corrected chi connectivity index (χ1v) is 9.57. The van der Waals surface area contributed by atoms with Crippen LogP contribution in [-0.2, 0) is 4.74 Å². The highest BCUT2D eigenvalue weighted by molar-refractivity contribution is 6.32. The molecule has 0 spiro atoms. The van der Waals surface area contributed by atoms with Crippen molar-refractivity contribution in [3.05, 3.63) is 40.7 Å². The van der Waals surface area contributed by atoms with Gasteiger partial charge in [-0.2, -0.15) is 5.26 Å². The fraction of sp³-hybridized carbons (Fsp3) is 0.400. The fourth-order valence-electron chi connectivity index (χ4n) is 3.34. The number of hydrogen-bond acceptors (Lipinski definition) is 6. The minimum Gasteiger partial charge on any atom is -0.491 e. The van der Waals surface area contributed by atoms with Crippen LogP contribution in [-0.4, -0.2) is 48.8 Å². The van der Waals surface area contributed by atoms with Crippen molar-refractivity contribution in [2.75, 3.05) is 39.1 Å². The quantitative estimate of drug-likeness (QED) is 0.745. The highest BCUT2D eigenvalue weighted by atomic mass is 35.5. The third-order valence-corrected chi connectivity index (χ3v) is 5.15. The monoisotopic (exact) mass is 402 g/mol. The molecule has 8 heteroatoms. The Morgan fingerprint density at radius 3 is 2.71 bits per heavy atom. The van der Waals surface area contributed by atoms with Gasteiger partial charge in [0.15, 0.2) is 5.69 Å². The average Bonchev–Trinajstić information content (AvgIpc) is 3.05. The van der Waals surface area contributed by atoms with Gasteiger partial charge in [0.05, 0.1) is 23.4 Å². The summed E-state index contributed by atoms with van der Waals surface area (Å²) in [5.74, 6) is -0.0559. The molecule has 1 aliphatic heterocycles. The van der Waals surface area contributed by atoms with Crippen LogP contribution >= 0.6 is 11.6 Å². The lowest BCUT2D eigenvalue weighted by molar-refractivity contribution is 0.0593. The molecule has 1 aromatic heterocycles. The number of nitrogens with zero attached hydrogens (tertiary/aromatic N) is 3. The Labute approximate surface area is 169 Å². The van der Waals surface area contributed by atoms with Gasteiger partial charge in [0.25, 0.3) is 0 Å². The minimum absolute atomic E-state index is 0.0762. The van der Waals surface area contributed by atoms with Crippen LogP contribution in [0.3, 0.4) is 0 Å². The number of ether oxygens (including phenoxy) is 2. The molecule has 2 aromatic rings. The van der Waals surface area contributed by atoms with Gasteiger partial charge >= 0.3 is 5.97 Å². The number of aromatic nitrogens is 1. The summed E-state index contributed by atoms with van der Waals surface area (Å²) in [6, 6.07) is 7.15. The Hall–Kier alpha value is -2.69. The number of nitrogens with two attached hydrogens (primary N) is 1. The Balaban J connectivity index is 1.77. The van der Waals surface area contributed by atoms with Gasteiger partial charge in [-0.15, -0.1) is 0 Å². The molecule has 0 radical (unpaired) electrons. The summed E-state index contributed by atoms with van der Waals surface area (Å²) in [7, 11) is 1.26. The van der Waals surface area contributed by atoms with Crippen molar-refractivity contribution in [1.29, 1.82) is 5.26 Å². The van der Waals surface area contributed by atoms with E-state index in [9.17, 15) is 10.1 Å². The molecule has 1 aliphatic rings. The molecule has 0 atom stereocenters. The predicted molar refractivity (Wildman–Crippen MR) is 107 cm³/mol. The molecule has 0 saturated carbocycles. The summed E-state index contributed by atoms with van der Waals surface area (Å²) in [4.78, 5) is 14.5. The number of esters is 1. The van der Waals surface area contributed by atoms with Crippen LogP contribution < -0.4 is 10.5 Å². The number of piperidine rings is 1. The number of carbonyl (C=O) groups is 1. The van der Waals surface area contributed by atoms with E-state index in [2.05, 4.69) is 4.90 Å². The van der Waals surface area contributed by atoms with E-state index in [1.165, 1.54) is 37.1 Å². The first-order chi connectivity index (χ1) is 13.5. The van der Waals surface area contributed by atoms with Crippen molar-refractivity contribution in [3.8, 4) is 17.5 Å². The van der Waals surface area contributed by atoms with Crippen LogP contribution in [0.4, 0.5) is 5.69 Å². The molecule has 0 unspecified atom stereocenters. The third-order valence-electron chi connectivity index (χ3n) is 4.85. The van der Waals surface area contributed by atoms with Gasteiger partial charge < -0.3 is 19.8 Å². The Morgan fingerprint density at radius 1 is 1.32 bits per heavy atom. The number of anilines is 1. The highest BCUT2D eigenvalue weighted by Gasteiger charge is 2.22. The number of carbonyl (C=O) groups excluding carboxylic acids is 1. The lowest BCUT2D eigenvalue weighted by atomic mass is 10.1. The van der Waals surface area contributed by atoms with Gasteiger partial charge in [-0.05, 0) is 44.1 Å². The van der Waals surface area contributed by atoms with E-state index in [-0.39, 0.29) is 16.9 Å². The van der Waals surface area contributed by atoms with Crippen molar-refractivity contribution >= 4 is 23.3 Å². The van der Waals surface area contributed by atoms with Crippen LogP contribution in [0.25, 0.3) is 5.69 Å². The summed E-state index contributed by atoms with van der Waals surface area (Å²) in [6.07, 6.45) is 5.27. The van der Waals surface area contributed by atoms with E-state index >= 15 is 0 Å². The standard InChI is InChI=1S/C20H23ClN4O3/c1-27-20(26)19-18(23)14(12-22)13-25(19)15-5-6-17(16(21)11-15)28-10-9-24-7-3-2-4-8-24/h5-6,11,13H,2-4,7-10,23H2,1H3. The number of methoxy groups -OCH3 is 1. The Morgan fingerprint density at radius 2 is 2.07 bits per heavy atom. The molecule has 0 amide bonds. The molecular formula is C20H23ClN4O3. The van der Waals surface area contributed by atoms with Gasteiger partial charge in [-0.3, -0.25) is 4.90 Å². The number of likely N-dealkylation sites (tertiary alicyclic amines) is 1. The second-order valence-electron chi connectivity index (χ2n) is 6.64. The van der Waals surface area contributed by atoms with Crippen molar-refractivity contribution in [1.82, 2.24) is 9.47 Å². The molecule has 7 nitrogen and oxygen atoms in total. The smallest absolute Gasteiger partial charge is 0.357 e. The molecule has 3 rings (SSSR count). The second kappa shape index (κ2) is 9.00. The zero-order chi connectivity index (χ0) is 20.1. The minimum atomic E-state index is -0.628. The Bertz CT molecular complexity index is 898. The first kappa shape index (κ1) is 20.1. The zero-order valence-corrected chi connectivity index (χ0v) is 16.5. The van der Waals surface area contributed by atoms with E-state index in [1.807, 2.05) is 6.07 Å². The lowest BCUT2D eigenvalue weighted by Crippen LogP contribution is -2.33. The molecule has 148 valence electrons. The molecule has 1 saturated heterocycles. The van der Waals surface area contributed by atoms with Gasteiger partial charge in [0.1, 0.15) is 18.4 Å². The first-order valence-electron chi connectivity index (χ1n) is 9.19. The molecule has 1 fully saturated rings. The van der Waals surface area contributed by atoms with Crippen molar-refractivity contribution in [2.45, 2.75) is 19.3 Å². The summed E-state index contributed by atoms with van der Waals surface area (Å²) >= 11 is 6.38. The average molecular weight is 403 g/mol. The topological polar surface area (TPSA) is 93.5 Å². The van der Waals surface area contributed by atoms with E-state index in [1.54, 1.807) is 18.2 Å². The van der Waals surface area contributed by atoms with E-state index < -0.39 is 5.97 Å². The lowest BCUT2D eigenvalue weighted by Gasteiger charge is -2.26. The van der Waals surface area contributed by atoms with Gasteiger partial charge in [0, 0.05) is 18.4 Å². The summed E-state index contributed by atoms with van der Waals surface area (Å²) in [6.45, 7) is 3.65. The normalized spacial score (nSPS) is 14.5. The number of benzene rings is 1. The van der Waals surface area contributed by atoms with Gasteiger partial charge in [0.2, 0.25) is 0 Å². The van der Waals surface area contributed by atoms with Crippen molar-refractivity contribution in [3.63, 3.8) is 0 Å². The van der Waals surface area contributed by atoms with Crippen molar-refractivity contribution < 1.29 is 14.3 Å². The number of rotatable bonds is 6. The predicted octanol–water partition coefficient (Wildman–Crippen LogP) is 3.24. The van der Waals surface area contributed by atoms with Crippen LogP contribution in [0.2, 0.25) is 5.02 Å². The third kappa shape index (κ3) is 4.24. The maximum atomic E-state index is 12.1.